The molecular weight excluding hydrogens is 440 g/mol. The smallest absolute Gasteiger partial charge is 0.338 e. The van der Waals surface area contributed by atoms with Crippen LogP contribution in [0.1, 0.15) is 122 Å². The first-order valence-electron chi connectivity index (χ1n) is 15.5. The molecule has 4 aliphatic rings. The lowest BCUT2D eigenvalue weighted by Gasteiger charge is -2.61. The van der Waals surface area contributed by atoms with E-state index in [0.717, 1.165) is 41.9 Å². The van der Waals surface area contributed by atoms with Gasteiger partial charge in [-0.3, -0.25) is 0 Å². The van der Waals surface area contributed by atoms with Crippen LogP contribution >= 0.6 is 0 Å². The van der Waals surface area contributed by atoms with E-state index in [2.05, 4.69) is 27.7 Å². The molecule has 4 fully saturated rings. The summed E-state index contributed by atoms with van der Waals surface area (Å²) in [4.78, 5) is 12.3. The summed E-state index contributed by atoms with van der Waals surface area (Å²) in [5.74, 6) is 6.01. The minimum atomic E-state index is -0.188. The second kappa shape index (κ2) is 10.8. The maximum absolute atomic E-state index is 12.3. The minimum Gasteiger partial charge on any atom is -0.462 e. The fraction of sp³-hybridized carbons (Fsp3) is 0.794. The predicted octanol–water partition coefficient (Wildman–Crippen LogP) is 9.33. The largest absolute Gasteiger partial charge is 0.462 e. The molecule has 0 aromatic heterocycles. The molecule has 0 amide bonds. The van der Waals surface area contributed by atoms with Gasteiger partial charge in [0.15, 0.2) is 0 Å². The van der Waals surface area contributed by atoms with Gasteiger partial charge in [0, 0.05) is 0 Å². The number of carbonyl (C=O) groups excluding carboxylic acids is 1. The Kier molecular flexibility index (Phi) is 7.90. The molecule has 2 heteroatoms. The third-order valence-corrected chi connectivity index (χ3v) is 12.2. The van der Waals surface area contributed by atoms with Gasteiger partial charge in [0.2, 0.25) is 0 Å². The standard InChI is InChI=1S/C34H52O2/c1-24(23-36-32(35)26-13-6-5-7-14-26)11-10-12-25(2)29-18-19-30-28-17-16-27-15-8-9-21-33(27,3)31(28)20-22-34(29,30)4/h5-7,13-14,24-25,27-31H,8-12,15-23H2,1-4H3/t24?,25-,27?,28+,29-,30+,31+,33+,34-/m1/s1. The molecule has 1 aromatic carbocycles. The van der Waals surface area contributed by atoms with Crippen LogP contribution in [0.3, 0.4) is 0 Å². The molecular formula is C34H52O2. The van der Waals surface area contributed by atoms with Crippen molar-refractivity contribution in [2.45, 2.75) is 111 Å². The van der Waals surface area contributed by atoms with E-state index in [0.29, 0.717) is 28.9 Å². The second-order valence-corrected chi connectivity index (χ2v) is 14.1. The zero-order valence-corrected chi connectivity index (χ0v) is 23.6. The van der Waals surface area contributed by atoms with Crippen LogP contribution in [0.2, 0.25) is 0 Å². The van der Waals surface area contributed by atoms with E-state index in [1.165, 1.54) is 77.0 Å². The summed E-state index contributed by atoms with van der Waals surface area (Å²) >= 11 is 0. The fourth-order valence-corrected chi connectivity index (χ4v) is 10.2. The van der Waals surface area contributed by atoms with Gasteiger partial charge in [-0.05, 0) is 122 Å². The Hall–Kier alpha value is -1.31. The summed E-state index contributed by atoms with van der Waals surface area (Å²) in [6, 6.07) is 9.38. The van der Waals surface area contributed by atoms with Crippen LogP contribution in [0.4, 0.5) is 0 Å². The molecule has 0 N–H and O–H groups in total. The third kappa shape index (κ3) is 4.92. The number of fused-ring (bicyclic) bond motifs is 5. The highest BCUT2D eigenvalue weighted by Crippen LogP contribution is 2.68. The molecule has 0 saturated heterocycles. The molecule has 0 radical (unpaired) electrons. The van der Waals surface area contributed by atoms with Crippen LogP contribution in [0.25, 0.3) is 0 Å². The van der Waals surface area contributed by atoms with E-state index < -0.39 is 0 Å². The van der Waals surface area contributed by atoms with E-state index in [-0.39, 0.29) is 5.97 Å². The number of esters is 1. The van der Waals surface area contributed by atoms with Crippen molar-refractivity contribution in [3.8, 4) is 0 Å². The molecule has 1 aromatic rings. The van der Waals surface area contributed by atoms with Crippen LogP contribution in [-0.4, -0.2) is 12.6 Å². The third-order valence-electron chi connectivity index (χ3n) is 12.2. The predicted molar refractivity (Wildman–Crippen MR) is 149 cm³/mol. The Bertz CT molecular complexity index is 878. The lowest BCUT2D eigenvalue weighted by molar-refractivity contribution is -0.114. The lowest BCUT2D eigenvalue weighted by atomic mass is 9.44. The zero-order chi connectivity index (χ0) is 25.3. The molecule has 200 valence electrons. The fourth-order valence-electron chi connectivity index (χ4n) is 10.2. The molecule has 4 aliphatic carbocycles. The summed E-state index contributed by atoms with van der Waals surface area (Å²) in [5, 5.41) is 0. The summed E-state index contributed by atoms with van der Waals surface area (Å²) in [7, 11) is 0. The number of carbonyl (C=O) groups is 1. The van der Waals surface area contributed by atoms with Gasteiger partial charge in [0.25, 0.3) is 0 Å². The van der Waals surface area contributed by atoms with Gasteiger partial charge < -0.3 is 4.74 Å². The van der Waals surface area contributed by atoms with Crippen LogP contribution < -0.4 is 0 Å². The average molecular weight is 493 g/mol. The maximum Gasteiger partial charge on any atom is 0.338 e. The Morgan fingerprint density at radius 2 is 1.67 bits per heavy atom. The van der Waals surface area contributed by atoms with Crippen molar-refractivity contribution < 1.29 is 9.53 Å². The van der Waals surface area contributed by atoms with Crippen molar-refractivity contribution in [1.82, 2.24) is 0 Å². The van der Waals surface area contributed by atoms with Crippen molar-refractivity contribution >= 4 is 5.97 Å². The highest BCUT2D eigenvalue weighted by molar-refractivity contribution is 5.89. The van der Waals surface area contributed by atoms with Crippen LogP contribution in [-0.2, 0) is 4.74 Å². The van der Waals surface area contributed by atoms with Gasteiger partial charge in [0.1, 0.15) is 0 Å². The maximum atomic E-state index is 12.3. The van der Waals surface area contributed by atoms with Crippen molar-refractivity contribution in [2.75, 3.05) is 6.61 Å². The Labute approximate surface area is 221 Å². The van der Waals surface area contributed by atoms with Crippen LogP contribution in [0.15, 0.2) is 30.3 Å². The topological polar surface area (TPSA) is 26.3 Å². The molecule has 0 spiro atoms. The molecule has 5 rings (SSSR count). The molecule has 36 heavy (non-hydrogen) atoms. The van der Waals surface area contributed by atoms with Gasteiger partial charge in [-0.15, -0.1) is 0 Å². The van der Waals surface area contributed by atoms with Gasteiger partial charge in [-0.1, -0.05) is 71.6 Å². The van der Waals surface area contributed by atoms with Crippen molar-refractivity contribution in [2.24, 2.45) is 52.3 Å². The quantitative estimate of drug-likeness (QED) is 0.338. The van der Waals surface area contributed by atoms with Crippen molar-refractivity contribution in [3.05, 3.63) is 35.9 Å². The first-order valence-corrected chi connectivity index (χ1v) is 15.5. The second-order valence-electron chi connectivity index (χ2n) is 14.1. The van der Waals surface area contributed by atoms with E-state index in [4.69, 9.17) is 4.74 Å². The van der Waals surface area contributed by atoms with Gasteiger partial charge in [-0.2, -0.15) is 0 Å². The highest BCUT2D eigenvalue weighted by Gasteiger charge is 2.60. The summed E-state index contributed by atoms with van der Waals surface area (Å²) in [5.41, 5.74) is 1.89. The number of ether oxygens (including phenoxy) is 1. The normalized spacial score (nSPS) is 39.4. The summed E-state index contributed by atoms with van der Waals surface area (Å²) in [6.07, 6.45) is 18.8. The summed E-state index contributed by atoms with van der Waals surface area (Å²) < 4.78 is 5.59. The number of benzene rings is 1. The Balaban J connectivity index is 1.11. The van der Waals surface area contributed by atoms with Gasteiger partial charge in [0.05, 0.1) is 12.2 Å². The van der Waals surface area contributed by atoms with Crippen LogP contribution in [0.5, 0.6) is 0 Å². The van der Waals surface area contributed by atoms with E-state index in [1.54, 1.807) is 0 Å². The molecule has 2 nitrogen and oxygen atoms in total. The Morgan fingerprint density at radius 1 is 0.889 bits per heavy atom. The SMILES string of the molecule is CC(CCC[C@@H](C)[C@H]1CC[C@H]2[C@@H]3CCC4CCCC[C@]4(C)[C@H]3CC[C@]12C)COC(=O)c1ccccc1. The van der Waals surface area contributed by atoms with Crippen LogP contribution in [0, 0.1) is 52.3 Å². The number of rotatable bonds is 8. The zero-order valence-electron chi connectivity index (χ0n) is 23.6. The van der Waals surface area contributed by atoms with E-state index in [9.17, 15) is 4.79 Å². The van der Waals surface area contributed by atoms with E-state index >= 15 is 0 Å². The van der Waals surface area contributed by atoms with Gasteiger partial charge in [-0.25, -0.2) is 4.79 Å². The summed E-state index contributed by atoms with van der Waals surface area (Å²) in [6.45, 7) is 10.8. The van der Waals surface area contributed by atoms with Crippen molar-refractivity contribution in [3.63, 3.8) is 0 Å². The number of hydrogen-bond acceptors (Lipinski definition) is 2. The molecule has 0 bridgehead atoms. The molecule has 0 heterocycles. The van der Waals surface area contributed by atoms with Gasteiger partial charge >= 0.3 is 5.97 Å². The Morgan fingerprint density at radius 3 is 2.47 bits per heavy atom. The number of hydrogen-bond donors (Lipinski definition) is 0. The average Bonchev–Trinajstić information content (AvgIpc) is 3.24. The van der Waals surface area contributed by atoms with Crippen molar-refractivity contribution in [1.29, 1.82) is 0 Å². The first kappa shape index (κ1) is 26.3. The molecule has 0 aliphatic heterocycles. The van der Waals surface area contributed by atoms with E-state index in [1.807, 2.05) is 30.3 Å². The molecule has 9 atom stereocenters. The minimum absolute atomic E-state index is 0.188. The first-order chi connectivity index (χ1) is 17.3. The molecule has 4 saturated carbocycles. The highest BCUT2D eigenvalue weighted by atomic mass is 16.5. The molecule has 2 unspecified atom stereocenters. The lowest BCUT2D eigenvalue weighted by Crippen LogP contribution is -2.53. The monoisotopic (exact) mass is 492 g/mol.